The van der Waals surface area contributed by atoms with Crippen LogP contribution in [0.2, 0.25) is 0 Å². The molecule has 1 rings (SSSR count). The van der Waals surface area contributed by atoms with E-state index in [1.807, 2.05) is 32.0 Å². The van der Waals surface area contributed by atoms with Gasteiger partial charge < -0.3 is 10.0 Å². The molecule has 0 atom stereocenters. The molecule has 0 amide bonds. The molecule has 0 bridgehead atoms. The largest absolute Gasteiger partial charge is 0.481 e. The second kappa shape index (κ2) is 7.12. The zero-order chi connectivity index (χ0) is 11.3. The molecule has 0 fully saturated rings. The summed E-state index contributed by atoms with van der Waals surface area (Å²) < 4.78 is 0. The van der Waals surface area contributed by atoms with Gasteiger partial charge >= 0.3 is 5.97 Å². The van der Waals surface area contributed by atoms with Crippen molar-refractivity contribution in [3.8, 4) is 0 Å². The Bertz CT molecular complexity index is 342. The van der Waals surface area contributed by atoms with Crippen LogP contribution in [0, 0.1) is 6.92 Å². The number of halogens is 1. The van der Waals surface area contributed by atoms with E-state index in [1.165, 1.54) is 5.56 Å². The molecule has 0 spiro atoms. The summed E-state index contributed by atoms with van der Waals surface area (Å²) in [5.41, 5.74) is 2.29. The minimum absolute atomic E-state index is 0. The number of benzene rings is 1. The van der Waals surface area contributed by atoms with Crippen LogP contribution in [-0.4, -0.2) is 24.2 Å². The monoisotopic (exact) mass is 243 g/mol. The number of aryl methyl sites for hydroxylation is 1. The smallest absolute Gasteiger partial charge is 0.305 e. The Morgan fingerprint density at radius 2 is 2.12 bits per heavy atom. The van der Waals surface area contributed by atoms with Gasteiger partial charge in [-0.15, -0.1) is 12.4 Å². The molecule has 0 saturated heterocycles. The third-order valence-electron chi connectivity index (χ3n) is 2.34. The summed E-state index contributed by atoms with van der Waals surface area (Å²) >= 11 is 0. The minimum atomic E-state index is -0.749. The molecule has 1 N–H and O–H groups in total. The van der Waals surface area contributed by atoms with Crippen LogP contribution < -0.4 is 4.90 Å². The zero-order valence-electron chi connectivity index (χ0n) is 9.64. The lowest BCUT2D eigenvalue weighted by Crippen LogP contribution is -2.25. The first kappa shape index (κ1) is 14.8. The van der Waals surface area contributed by atoms with Gasteiger partial charge in [0.25, 0.3) is 0 Å². The number of nitrogens with zero attached hydrogens (tertiary/aromatic N) is 1. The molecule has 0 unspecified atom stereocenters. The standard InChI is InChI=1S/C12H17NO2.ClH/c1-3-13(8-7-12(14)15)11-6-4-5-10(2)9-11;/h4-6,9H,3,7-8H2,1-2H3,(H,14,15);1H. The Labute approximate surface area is 102 Å². The first-order chi connectivity index (χ1) is 7.13. The van der Waals surface area contributed by atoms with Gasteiger partial charge in [0.05, 0.1) is 6.42 Å². The van der Waals surface area contributed by atoms with E-state index in [2.05, 4.69) is 11.0 Å². The number of carboxylic acid groups (broad SMARTS) is 1. The maximum absolute atomic E-state index is 10.5. The lowest BCUT2D eigenvalue weighted by atomic mass is 10.2. The van der Waals surface area contributed by atoms with Crippen molar-refractivity contribution in [3.63, 3.8) is 0 Å². The van der Waals surface area contributed by atoms with Gasteiger partial charge in [0.1, 0.15) is 0 Å². The van der Waals surface area contributed by atoms with Crippen molar-refractivity contribution < 1.29 is 9.90 Å². The summed E-state index contributed by atoms with van der Waals surface area (Å²) in [6.45, 7) is 5.46. The van der Waals surface area contributed by atoms with Crippen molar-refractivity contribution in [2.75, 3.05) is 18.0 Å². The van der Waals surface area contributed by atoms with Crippen LogP contribution in [0.4, 0.5) is 5.69 Å². The number of hydrogen-bond donors (Lipinski definition) is 1. The van der Waals surface area contributed by atoms with E-state index in [0.29, 0.717) is 6.54 Å². The quantitative estimate of drug-likeness (QED) is 0.865. The van der Waals surface area contributed by atoms with Crippen molar-refractivity contribution in [1.29, 1.82) is 0 Å². The molecule has 4 heteroatoms. The summed E-state index contributed by atoms with van der Waals surface area (Å²) in [4.78, 5) is 12.6. The van der Waals surface area contributed by atoms with Crippen LogP contribution in [0.3, 0.4) is 0 Å². The summed E-state index contributed by atoms with van der Waals surface area (Å²) in [6, 6.07) is 8.12. The van der Waals surface area contributed by atoms with E-state index in [1.54, 1.807) is 0 Å². The van der Waals surface area contributed by atoms with Crippen LogP contribution in [0.25, 0.3) is 0 Å². The molecular weight excluding hydrogens is 226 g/mol. The zero-order valence-corrected chi connectivity index (χ0v) is 10.5. The minimum Gasteiger partial charge on any atom is -0.481 e. The number of carboxylic acids is 1. The molecule has 0 saturated carbocycles. The Balaban J connectivity index is 0.00000225. The third-order valence-corrected chi connectivity index (χ3v) is 2.34. The Kier molecular flexibility index (Phi) is 6.58. The lowest BCUT2D eigenvalue weighted by Gasteiger charge is -2.22. The van der Waals surface area contributed by atoms with E-state index < -0.39 is 5.97 Å². The molecule has 0 aromatic heterocycles. The van der Waals surface area contributed by atoms with Gasteiger partial charge in [-0.05, 0) is 31.5 Å². The van der Waals surface area contributed by atoms with Gasteiger partial charge in [0.2, 0.25) is 0 Å². The lowest BCUT2D eigenvalue weighted by molar-refractivity contribution is -0.136. The highest BCUT2D eigenvalue weighted by molar-refractivity contribution is 5.85. The second-order valence-corrected chi connectivity index (χ2v) is 3.56. The van der Waals surface area contributed by atoms with Crippen molar-refractivity contribution in [3.05, 3.63) is 29.8 Å². The van der Waals surface area contributed by atoms with E-state index in [-0.39, 0.29) is 18.8 Å². The molecular formula is C12H18ClNO2. The predicted octanol–water partition coefficient (Wildman–Crippen LogP) is 2.72. The van der Waals surface area contributed by atoms with Gasteiger partial charge in [0, 0.05) is 18.8 Å². The fourth-order valence-corrected chi connectivity index (χ4v) is 1.53. The number of hydrogen-bond acceptors (Lipinski definition) is 2. The highest BCUT2D eigenvalue weighted by Gasteiger charge is 2.06. The molecule has 0 aliphatic heterocycles. The average molecular weight is 244 g/mol. The summed E-state index contributed by atoms with van der Waals surface area (Å²) in [5.74, 6) is -0.749. The van der Waals surface area contributed by atoms with Crippen molar-refractivity contribution in [2.45, 2.75) is 20.3 Å². The van der Waals surface area contributed by atoms with Crippen LogP contribution in [0.15, 0.2) is 24.3 Å². The predicted molar refractivity (Wildman–Crippen MR) is 68.6 cm³/mol. The molecule has 0 radical (unpaired) electrons. The van der Waals surface area contributed by atoms with Crippen LogP contribution >= 0.6 is 12.4 Å². The van der Waals surface area contributed by atoms with Gasteiger partial charge in [-0.3, -0.25) is 4.79 Å². The van der Waals surface area contributed by atoms with Crippen molar-refractivity contribution in [1.82, 2.24) is 0 Å². The average Bonchev–Trinajstić information content (AvgIpc) is 2.18. The van der Waals surface area contributed by atoms with Gasteiger partial charge in [-0.1, -0.05) is 12.1 Å². The summed E-state index contributed by atoms with van der Waals surface area (Å²) in [7, 11) is 0. The van der Waals surface area contributed by atoms with E-state index in [4.69, 9.17) is 5.11 Å². The molecule has 90 valence electrons. The second-order valence-electron chi connectivity index (χ2n) is 3.56. The molecule has 3 nitrogen and oxygen atoms in total. The molecule has 0 heterocycles. The number of aliphatic carboxylic acids is 1. The SMILES string of the molecule is CCN(CCC(=O)O)c1cccc(C)c1.Cl. The third kappa shape index (κ3) is 4.53. The van der Waals surface area contributed by atoms with Gasteiger partial charge in [-0.2, -0.15) is 0 Å². The Hall–Kier alpha value is -1.22. The van der Waals surface area contributed by atoms with E-state index >= 15 is 0 Å². The van der Waals surface area contributed by atoms with Gasteiger partial charge in [0.15, 0.2) is 0 Å². The van der Waals surface area contributed by atoms with Crippen LogP contribution in [0.5, 0.6) is 0 Å². The van der Waals surface area contributed by atoms with Gasteiger partial charge in [-0.25, -0.2) is 0 Å². The van der Waals surface area contributed by atoms with E-state index in [9.17, 15) is 4.79 Å². The number of carbonyl (C=O) groups is 1. The number of anilines is 1. The van der Waals surface area contributed by atoms with Crippen LogP contribution in [-0.2, 0) is 4.79 Å². The molecule has 0 aliphatic rings. The summed E-state index contributed by atoms with van der Waals surface area (Å²) in [6.07, 6.45) is 0.182. The fraction of sp³-hybridized carbons (Fsp3) is 0.417. The molecule has 16 heavy (non-hydrogen) atoms. The first-order valence-corrected chi connectivity index (χ1v) is 5.17. The van der Waals surface area contributed by atoms with Crippen molar-refractivity contribution >= 4 is 24.1 Å². The number of rotatable bonds is 5. The normalized spacial score (nSPS) is 9.38. The van der Waals surface area contributed by atoms with E-state index in [0.717, 1.165) is 12.2 Å². The maximum atomic E-state index is 10.5. The van der Waals surface area contributed by atoms with Crippen molar-refractivity contribution in [2.24, 2.45) is 0 Å². The molecule has 1 aromatic rings. The Morgan fingerprint density at radius 1 is 1.44 bits per heavy atom. The fourth-order valence-electron chi connectivity index (χ4n) is 1.53. The summed E-state index contributed by atoms with van der Waals surface area (Å²) in [5, 5.41) is 8.63. The molecule has 1 aromatic carbocycles. The van der Waals surface area contributed by atoms with Crippen LogP contribution in [0.1, 0.15) is 18.9 Å². The Morgan fingerprint density at radius 3 is 2.62 bits per heavy atom. The first-order valence-electron chi connectivity index (χ1n) is 5.17. The maximum Gasteiger partial charge on any atom is 0.305 e. The highest BCUT2D eigenvalue weighted by atomic mass is 35.5. The highest BCUT2D eigenvalue weighted by Crippen LogP contribution is 2.15. The topological polar surface area (TPSA) is 40.5 Å². The molecule has 0 aliphatic carbocycles.